The Hall–Kier alpha value is -1.98. The van der Waals surface area contributed by atoms with Crippen LogP contribution in [0.2, 0.25) is 0 Å². The average molecular weight is 313 g/mol. The minimum absolute atomic E-state index is 0.256. The Bertz CT molecular complexity index is 714. The summed E-state index contributed by atoms with van der Waals surface area (Å²) in [6.07, 6.45) is -4.13. The van der Waals surface area contributed by atoms with Crippen molar-refractivity contribution in [3.8, 4) is 0 Å². The van der Waals surface area contributed by atoms with Crippen LogP contribution >= 0.6 is 0 Å². The van der Waals surface area contributed by atoms with Gasteiger partial charge in [0, 0.05) is 29.6 Å². The Balaban J connectivity index is 2.54. The number of fused-ring (bicyclic) bond motifs is 1. The lowest BCUT2D eigenvalue weighted by Gasteiger charge is -2.20. The van der Waals surface area contributed by atoms with Gasteiger partial charge in [-0.1, -0.05) is 0 Å². The van der Waals surface area contributed by atoms with Crippen LogP contribution in [-0.2, 0) is 23.9 Å². The highest BCUT2D eigenvalue weighted by Crippen LogP contribution is 2.33. The standard InChI is InChI=1S/C16H18F3NO2/c1-4-20-12(9-15(2,3)14(21)22)8-10-7-11(16(17,18)19)5-6-13(10)20/h5-8H,4,9H2,1-3H3,(H,21,22). The number of carboxylic acids is 1. The number of aliphatic carboxylic acids is 1. The largest absolute Gasteiger partial charge is 0.481 e. The molecule has 0 bridgehead atoms. The van der Waals surface area contributed by atoms with Crippen molar-refractivity contribution >= 4 is 16.9 Å². The molecule has 1 aromatic carbocycles. The maximum atomic E-state index is 12.8. The molecule has 0 amide bonds. The minimum Gasteiger partial charge on any atom is -0.481 e. The number of nitrogens with zero attached hydrogens (tertiary/aromatic N) is 1. The van der Waals surface area contributed by atoms with Crippen LogP contribution in [0.5, 0.6) is 0 Å². The third kappa shape index (κ3) is 2.96. The van der Waals surface area contributed by atoms with Gasteiger partial charge in [-0.3, -0.25) is 4.79 Å². The number of carboxylic acid groups (broad SMARTS) is 1. The first-order valence-corrected chi connectivity index (χ1v) is 6.99. The second-order valence-corrected chi connectivity index (χ2v) is 6.02. The number of carbonyl (C=O) groups is 1. The summed E-state index contributed by atoms with van der Waals surface area (Å²) in [7, 11) is 0. The van der Waals surface area contributed by atoms with Crippen LogP contribution in [0.1, 0.15) is 32.0 Å². The summed E-state index contributed by atoms with van der Waals surface area (Å²) in [4.78, 5) is 11.3. The predicted molar refractivity (Wildman–Crippen MR) is 77.7 cm³/mol. The van der Waals surface area contributed by atoms with Gasteiger partial charge in [-0.15, -0.1) is 0 Å². The molecule has 1 aromatic heterocycles. The molecule has 6 heteroatoms. The van der Waals surface area contributed by atoms with Crippen molar-refractivity contribution in [2.45, 2.75) is 39.9 Å². The lowest BCUT2D eigenvalue weighted by Crippen LogP contribution is -2.27. The topological polar surface area (TPSA) is 42.2 Å². The number of aromatic nitrogens is 1. The number of alkyl halides is 3. The number of hydrogen-bond acceptors (Lipinski definition) is 1. The zero-order valence-corrected chi connectivity index (χ0v) is 12.7. The normalized spacial score (nSPS) is 12.8. The van der Waals surface area contributed by atoms with E-state index in [4.69, 9.17) is 0 Å². The van der Waals surface area contributed by atoms with Gasteiger partial charge in [0.05, 0.1) is 11.0 Å². The van der Waals surface area contributed by atoms with Crippen LogP contribution in [0.15, 0.2) is 24.3 Å². The lowest BCUT2D eigenvalue weighted by molar-refractivity contribution is -0.146. The molecular weight excluding hydrogens is 295 g/mol. The predicted octanol–water partition coefficient (Wildman–Crippen LogP) is 4.33. The van der Waals surface area contributed by atoms with Gasteiger partial charge in [0.15, 0.2) is 0 Å². The van der Waals surface area contributed by atoms with Crippen LogP contribution < -0.4 is 0 Å². The fraction of sp³-hybridized carbons (Fsp3) is 0.438. The molecule has 0 saturated carbocycles. The highest BCUT2D eigenvalue weighted by atomic mass is 19.4. The summed E-state index contributed by atoms with van der Waals surface area (Å²) in [5, 5.41) is 9.71. The minimum atomic E-state index is -4.39. The Kier molecular flexibility index (Phi) is 3.98. The van der Waals surface area contributed by atoms with Crippen LogP contribution in [0.3, 0.4) is 0 Å². The third-order valence-electron chi connectivity index (χ3n) is 3.83. The Morgan fingerprint density at radius 2 is 1.86 bits per heavy atom. The SMILES string of the molecule is CCn1c(CC(C)(C)C(=O)O)cc2cc(C(F)(F)F)ccc21. The van der Waals surface area contributed by atoms with Gasteiger partial charge in [0.2, 0.25) is 0 Å². The molecule has 3 nitrogen and oxygen atoms in total. The zero-order valence-electron chi connectivity index (χ0n) is 12.7. The third-order valence-corrected chi connectivity index (χ3v) is 3.83. The fourth-order valence-electron chi connectivity index (χ4n) is 2.55. The van der Waals surface area contributed by atoms with Gasteiger partial charge in [0.25, 0.3) is 0 Å². The molecule has 1 heterocycles. The number of rotatable bonds is 4. The van der Waals surface area contributed by atoms with E-state index in [9.17, 15) is 23.1 Å². The number of benzene rings is 1. The monoisotopic (exact) mass is 313 g/mol. The molecule has 2 rings (SSSR count). The van der Waals surface area contributed by atoms with Gasteiger partial charge in [-0.25, -0.2) is 0 Å². The van der Waals surface area contributed by atoms with Gasteiger partial charge in [-0.05, 0) is 45.0 Å². The van der Waals surface area contributed by atoms with Crippen molar-refractivity contribution < 1.29 is 23.1 Å². The van der Waals surface area contributed by atoms with E-state index in [1.54, 1.807) is 19.9 Å². The van der Waals surface area contributed by atoms with Gasteiger partial charge in [-0.2, -0.15) is 13.2 Å². The Morgan fingerprint density at radius 3 is 2.36 bits per heavy atom. The maximum Gasteiger partial charge on any atom is 0.416 e. The molecule has 120 valence electrons. The quantitative estimate of drug-likeness (QED) is 0.912. The summed E-state index contributed by atoms with van der Waals surface area (Å²) in [5.41, 5.74) is -0.262. The first-order chi connectivity index (χ1) is 10.1. The van der Waals surface area contributed by atoms with E-state index in [1.165, 1.54) is 6.07 Å². The van der Waals surface area contributed by atoms with E-state index in [0.29, 0.717) is 17.4 Å². The van der Waals surface area contributed by atoms with Crippen molar-refractivity contribution in [2.75, 3.05) is 0 Å². The van der Waals surface area contributed by atoms with Crippen LogP contribution in [0.4, 0.5) is 13.2 Å². The number of aryl methyl sites for hydroxylation is 1. The fourth-order valence-corrected chi connectivity index (χ4v) is 2.55. The summed E-state index contributed by atoms with van der Waals surface area (Å²) in [5.74, 6) is -0.934. The van der Waals surface area contributed by atoms with E-state index in [2.05, 4.69) is 0 Å². The second kappa shape index (κ2) is 5.34. The molecule has 1 N–H and O–H groups in total. The molecule has 0 fully saturated rings. The molecule has 0 spiro atoms. The van der Waals surface area contributed by atoms with Gasteiger partial charge < -0.3 is 9.67 Å². The molecular formula is C16H18F3NO2. The number of halogens is 3. The zero-order chi connectivity index (χ0) is 16.7. The van der Waals surface area contributed by atoms with Crippen molar-refractivity contribution in [1.82, 2.24) is 4.57 Å². The summed E-state index contributed by atoms with van der Waals surface area (Å²) >= 11 is 0. The highest BCUT2D eigenvalue weighted by molar-refractivity contribution is 5.83. The summed E-state index contributed by atoms with van der Waals surface area (Å²) < 4.78 is 40.3. The average Bonchev–Trinajstić information content (AvgIpc) is 2.72. The molecule has 0 radical (unpaired) electrons. The van der Waals surface area contributed by atoms with Crippen LogP contribution in [0.25, 0.3) is 10.9 Å². The molecule has 0 unspecified atom stereocenters. The summed E-state index contributed by atoms with van der Waals surface area (Å²) in [6, 6.07) is 5.26. The molecule has 22 heavy (non-hydrogen) atoms. The lowest BCUT2D eigenvalue weighted by atomic mass is 9.88. The summed E-state index contributed by atoms with van der Waals surface area (Å²) in [6.45, 7) is 5.66. The van der Waals surface area contributed by atoms with Crippen molar-refractivity contribution in [3.63, 3.8) is 0 Å². The van der Waals surface area contributed by atoms with Gasteiger partial charge in [0.1, 0.15) is 0 Å². The first-order valence-electron chi connectivity index (χ1n) is 6.99. The van der Waals surface area contributed by atoms with E-state index < -0.39 is 23.1 Å². The van der Waals surface area contributed by atoms with Crippen molar-refractivity contribution in [2.24, 2.45) is 5.41 Å². The van der Waals surface area contributed by atoms with Crippen LogP contribution in [-0.4, -0.2) is 15.6 Å². The van der Waals surface area contributed by atoms with Crippen LogP contribution in [0, 0.1) is 5.41 Å². The molecule has 0 aliphatic carbocycles. The highest BCUT2D eigenvalue weighted by Gasteiger charge is 2.32. The maximum absolute atomic E-state index is 12.8. The smallest absolute Gasteiger partial charge is 0.416 e. The van der Waals surface area contributed by atoms with E-state index >= 15 is 0 Å². The second-order valence-electron chi connectivity index (χ2n) is 6.02. The Labute approximate surface area is 126 Å². The molecule has 0 saturated heterocycles. The van der Waals surface area contributed by atoms with Crippen molar-refractivity contribution in [1.29, 1.82) is 0 Å². The van der Waals surface area contributed by atoms with E-state index in [0.717, 1.165) is 17.8 Å². The van der Waals surface area contributed by atoms with Crippen molar-refractivity contribution in [3.05, 3.63) is 35.5 Å². The molecule has 2 aromatic rings. The van der Waals surface area contributed by atoms with E-state index in [1.807, 2.05) is 11.5 Å². The number of hydrogen-bond donors (Lipinski definition) is 1. The van der Waals surface area contributed by atoms with E-state index in [-0.39, 0.29) is 6.42 Å². The molecule has 0 aliphatic rings. The van der Waals surface area contributed by atoms with Gasteiger partial charge >= 0.3 is 12.1 Å². The molecule has 0 atom stereocenters. The Morgan fingerprint density at radius 1 is 1.23 bits per heavy atom. The molecule has 0 aliphatic heterocycles. The first kappa shape index (κ1) is 16.4.